The van der Waals surface area contributed by atoms with Crippen LogP contribution in [0.1, 0.15) is 52.0 Å². The predicted molar refractivity (Wildman–Crippen MR) is 98.5 cm³/mol. The summed E-state index contributed by atoms with van der Waals surface area (Å²) in [6.45, 7) is 6.90. The fourth-order valence-corrected chi connectivity index (χ4v) is 1.64. The van der Waals surface area contributed by atoms with Gasteiger partial charge in [-0.3, -0.25) is 9.68 Å². The van der Waals surface area contributed by atoms with Gasteiger partial charge in [0, 0.05) is 12.5 Å². The summed E-state index contributed by atoms with van der Waals surface area (Å²) in [6.07, 6.45) is 6.51. The van der Waals surface area contributed by atoms with Gasteiger partial charge < -0.3 is 4.74 Å². The number of esters is 1. The highest BCUT2D eigenvalue weighted by Crippen LogP contribution is 2.02. The van der Waals surface area contributed by atoms with Crippen LogP contribution in [0.3, 0.4) is 0 Å². The van der Waals surface area contributed by atoms with Crippen molar-refractivity contribution in [2.75, 3.05) is 13.7 Å². The molecule has 0 atom stereocenters. The van der Waals surface area contributed by atoms with Gasteiger partial charge in [0.2, 0.25) is 0 Å². The number of carbonyl (C=O) groups is 2. The lowest BCUT2D eigenvalue weighted by Crippen LogP contribution is -2.07. The van der Waals surface area contributed by atoms with Crippen LogP contribution in [0.2, 0.25) is 0 Å². The van der Waals surface area contributed by atoms with Gasteiger partial charge in [-0.15, -0.1) is 0 Å². The molecule has 0 fully saturated rings. The van der Waals surface area contributed by atoms with Crippen LogP contribution in [-0.2, 0) is 24.1 Å². The summed E-state index contributed by atoms with van der Waals surface area (Å²) in [6, 6.07) is 9.46. The summed E-state index contributed by atoms with van der Waals surface area (Å²) in [5, 5.41) is 0. The molecule has 0 spiro atoms. The molecule has 0 aliphatic rings. The minimum absolute atomic E-state index is 0.0440. The van der Waals surface area contributed by atoms with Crippen molar-refractivity contribution in [3.05, 3.63) is 42.0 Å². The predicted octanol–water partition coefficient (Wildman–Crippen LogP) is 4.57. The number of carbonyl (C=O) groups excluding carboxylic acids is 2. The first-order chi connectivity index (χ1) is 12.0. The molecule has 0 saturated heterocycles. The Bertz CT molecular complexity index is 494. The second-order valence-electron chi connectivity index (χ2n) is 5.82. The number of hydrogen-bond donors (Lipinski definition) is 0. The standard InChI is InChI=1S/C10H10O3.C10H20O2/c1-12-13-10(11)8-7-9-5-3-2-4-6-9;1-4-5-6-10(11)12-8-7-9(2)3/h2-8H,1H3;9H,4-8H2,1-3H3. The SMILES string of the molecule is CCCCC(=O)OCCC(C)C.COOC(=O)C=Cc1ccccc1. The molecule has 1 aromatic rings. The monoisotopic (exact) mass is 350 g/mol. The van der Waals surface area contributed by atoms with Crippen LogP contribution in [0.5, 0.6) is 0 Å². The highest BCUT2D eigenvalue weighted by Gasteiger charge is 2.01. The van der Waals surface area contributed by atoms with Gasteiger partial charge in [0.05, 0.1) is 13.7 Å². The van der Waals surface area contributed by atoms with E-state index in [0.717, 1.165) is 24.8 Å². The zero-order chi connectivity index (χ0) is 18.9. The van der Waals surface area contributed by atoms with E-state index in [2.05, 4.69) is 30.5 Å². The number of rotatable bonds is 9. The van der Waals surface area contributed by atoms with Crippen LogP contribution in [0.4, 0.5) is 0 Å². The zero-order valence-electron chi connectivity index (χ0n) is 15.7. The molecular weight excluding hydrogens is 320 g/mol. The average Bonchev–Trinajstić information content (AvgIpc) is 2.59. The molecule has 0 heterocycles. The van der Waals surface area contributed by atoms with E-state index < -0.39 is 5.97 Å². The zero-order valence-corrected chi connectivity index (χ0v) is 15.7. The van der Waals surface area contributed by atoms with Gasteiger partial charge >= 0.3 is 11.9 Å². The van der Waals surface area contributed by atoms with Crippen LogP contribution in [0, 0.1) is 5.92 Å². The normalized spacial score (nSPS) is 10.3. The van der Waals surface area contributed by atoms with Crippen molar-refractivity contribution in [2.24, 2.45) is 5.92 Å². The molecule has 0 amide bonds. The molecule has 0 N–H and O–H groups in total. The number of benzene rings is 1. The molecule has 0 radical (unpaired) electrons. The Morgan fingerprint density at radius 1 is 1.16 bits per heavy atom. The minimum atomic E-state index is -0.522. The molecule has 0 unspecified atom stereocenters. The van der Waals surface area contributed by atoms with Gasteiger partial charge in [-0.1, -0.05) is 57.5 Å². The van der Waals surface area contributed by atoms with Crippen molar-refractivity contribution < 1.29 is 24.1 Å². The first-order valence-corrected chi connectivity index (χ1v) is 8.63. The summed E-state index contributed by atoms with van der Waals surface area (Å²) < 4.78 is 5.02. The van der Waals surface area contributed by atoms with E-state index in [9.17, 15) is 9.59 Å². The third-order valence-corrected chi connectivity index (χ3v) is 3.07. The summed E-state index contributed by atoms with van der Waals surface area (Å²) >= 11 is 0. The van der Waals surface area contributed by atoms with Crippen molar-refractivity contribution in [3.63, 3.8) is 0 Å². The van der Waals surface area contributed by atoms with E-state index in [1.807, 2.05) is 30.3 Å². The molecule has 25 heavy (non-hydrogen) atoms. The summed E-state index contributed by atoms with van der Waals surface area (Å²) in [7, 11) is 1.29. The first kappa shape index (κ1) is 22.9. The van der Waals surface area contributed by atoms with Crippen LogP contribution in [0.15, 0.2) is 36.4 Å². The van der Waals surface area contributed by atoms with Crippen molar-refractivity contribution >= 4 is 18.0 Å². The van der Waals surface area contributed by atoms with Gasteiger partial charge in [0.25, 0.3) is 0 Å². The first-order valence-electron chi connectivity index (χ1n) is 8.63. The average molecular weight is 350 g/mol. The molecule has 0 bridgehead atoms. The smallest absolute Gasteiger partial charge is 0.365 e. The summed E-state index contributed by atoms with van der Waals surface area (Å²) in [5.41, 5.74) is 0.940. The van der Waals surface area contributed by atoms with Crippen molar-refractivity contribution in [3.8, 4) is 0 Å². The largest absolute Gasteiger partial charge is 0.466 e. The molecule has 1 aromatic carbocycles. The van der Waals surface area contributed by atoms with Crippen molar-refractivity contribution in [1.29, 1.82) is 0 Å². The highest BCUT2D eigenvalue weighted by molar-refractivity contribution is 5.86. The topological polar surface area (TPSA) is 61.8 Å². The van der Waals surface area contributed by atoms with Crippen LogP contribution in [-0.4, -0.2) is 25.7 Å². The van der Waals surface area contributed by atoms with E-state index in [1.54, 1.807) is 6.08 Å². The molecular formula is C20H30O5. The fourth-order valence-electron chi connectivity index (χ4n) is 1.64. The summed E-state index contributed by atoms with van der Waals surface area (Å²) in [5.74, 6) is 0.0489. The van der Waals surface area contributed by atoms with Gasteiger partial charge in [0.15, 0.2) is 0 Å². The van der Waals surface area contributed by atoms with Crippen molar-refractivity contribution in [2.45, 2.75) is 46.5 Å². The van der Waals surface area contributed by atoms with Gasteiger partial charge in [-0.05, 0) is 30.4 Å². The van der Waals surface area contributed by atoms with Crippen LogP contribution >= 0.6 is 0 Å². The lowest BCUT2D eigenvalue weighted by molar-refractivity contribution is -0.249. The lowest BCUT2D eigenvalue weighted by atomic mass is 10.1. The Balaban J connectivity index is 0.000000463. The Hall–Kier alpha value is -2.14. The molecule has 0 saturated carbocycles. The molecule has 0 aliphatic carbocycles. The van der Waals surface area contributed by atoms with Crippen LogP contribution < -0.4 is 0 Å². The molecule has 140 valence electrons. The van der Waals surface area contributed by atoms with Gasteiger partial charge in [-0.2, -0.15) is 4.89 Å². The van der Waals surface area contributed by atoms with E-state index in [4.69, 9.17) is 4.74 Å². The third-order valence-electron chi connectivity index (χ3n) is 3.07. The minimum Gasteiger partial charge on any atom is -0.466 e. The highest BCUT2D eigenvalue weighted by atomic mass is 17.2. The number of unbranched alkanes of at least 4 members (excludes halogenated alkanes) is 1. The fraction of sp³-hybridized carbons (Fsp3) is 0.500. The molecule has 1 rings (SSSR count). The maximum atomic E-state index is 11.0. The molecule has 0 aliphatic heterocycles. The van der Waals surface area contributed by atoms with E-state index in [1.165, 1.54) is 13.2 Å². The Morgan fingerprint density at radius 2 is 1.84 bits per heavy atom. The Kier molecular flexibility index (Phi) is 14.1. The maximum Gasteiger partial charge on any atom is 0.365 e. The van der Waals surface area contributed by atoms with E-state index in [-0.39, 0.29) is 5.97 Å². The van der Waals surface area contributed by atoms with Gasteiger partial charge in [0.1, 0.15) is 0 Å². The van der Waals surface area contributed by atoms with Crippen LogP contribution in [0.25, 0.3) is 6.08 Å². The Labute approximate surface area is 150 Å². The maximum absolute atomic E-state index is 11.0. The second-order valence-corrected chi connectivity index (χ2v) is 5.82. The summed E-state index contributed by atoms with van der Waals surface area (Å²) in [4.78, 5) is 30.2. The lowest BCUT2D eigenvalue weighted by Gasteiger charge is -2.05. The molecule has 5 heteroatoms. The molecule has 0 aromatic heterocycles. The van der Waals surface area contributed by atoms with Gasteiger partial charge in [-0.25, -0.2) is 4.79 Å². The van der Waals surface area contributed by atoms with Crippen molar-refractivity contribution in [1.82, 2.24) is 0 Å². The number of hydrogen-bond acceptors (Lipinski definition) is 5. The number of ether oxygens (including phenoxy) is 1. The Morgan fingerprint density at radius 3 is 2.40 bits per heavy atom. The third kappa shape index (κ3) is 15.1. The molecule has 5 nitrogen and oxygen atoms in total. The van der Waals surface area contributed by atoms with E-state index in [0.29, 0.717) is 18.9 Å². The quantitative estimate of drug-likeness (QED) is 0.282. The second kappa shape index (κ2) is 15.4. The van der Waals surface area contributed by atoms with E-state index >= 15 is 0 Å².